The number of benzene rings is 1. The van der Waals surface area contributed by atoms with Crippen LogP contribution < -0.4 is 10.1 Å². The van der Waals surface area contributed by atoms with Gasteiger partial charge in [0.25, 0.3) is 0 Å². The first-order valence-corrected chi connectivity index (χ1v) is 10.1. The van der Waals surface area contributed by atoms with E-state index in [4.69, 9.17) is 14.2 Å². The number of likely N-dealkylation sites (tertiary alicyclic amines) is 1. The van der Waals surface area contributed by atoms with Gasteiger partial charge in [-0.2, -0.15) is 0 Å². The number of carbonyl (C=O) groups is 2. The molecule has 1 aliphatic heterocycles. The molecular formula is C22H34N2O5. The Morgan fingerprint density at radius 3 is 2.03 bits per heavy atom. The zero-order chi connectivity index (χ0) is 21.7. The summed E-state index contributed by atoms with van der Waals surface area (Å²) in [5.41, 5.74) is -0.0161. The van der Waals surface area contributed by atoms with Gasteiger partial charge in [0.05, 0.1) is 0 Å². The lowest BCUT2D eigenvalue weighted by Crippen LogP contribution is -2.44. The fourth-order valence-electron chi connectivity index (χ4n) is 2.93. The van der Waals surface area contributed by atoms with Crippen LogP contribution in [0, 0.1) is 0 Å². The summed E-state index contributed by atoms with van der Waals surface area (Å²) >= 11 is 0. The highest BCUT2D eigenvalue weighted by Crippen LogP contribution is 2.21. The molecule has 0 bridgehead atoms. The maximum Gasteiger partial charge on any atom is 0.410 e. The lowest BCUT2D eigenvalue weighted by atomic mass is 10.0. The molecule has 0 unspecified atom stereocenters. The molecule has 7 nitrogen and oxygen atoms in total. The summed E-state index contributed by atoms with van der Waals surface area (Å²) in [6.45, 7) is 12.3. The first-order chi connectivity index (χ1) is 13.4. The Balaban J connectivity index is 1.75. The molecular weight excluding hydrogens is 372 g/mol. The third kappa shape index (κ3) is 8.62. The third-order valence-corrected chi connectivity index (χ3v) is 4.15. The van der Waals surface area contributed by atoms with Crippen LogP contribution in [0.15, 0.2) is 24.3 Å². The van der Waals surface area contributed by atoms with E-state index in [1.54, 1.807) is 4.90 Å². The van der Waals surface area contributed by atoms with Crippen molar-refractivity contribution in [3.05, 3.63) is 24.3 Å². The van der Waals surface area contributed by atoms with E-state index in [2.05, 4.69) is 5.32 Å². The number of anilines is 1. The molecule has 1 fully saturated rings. The Bertz CT molecular complexity index is 681. The molecule has 7 heteroatoms. The molecule has 0 saturated carbocycles. The van der Waals surface area contributed by atoms with Gasteiger partial charge in [0.1, 0.15) is 17.0 Å². The SMILES string of the molecule is CC(C)(C)OC(=O)COc1ccc(NC2CCN(C(=O)OC(C)(C)C)CC2)cc1. The van der Waals surface area contributed by atoms with Crippen molar-refractivity contribution in [2.45, 2.75) is 71.6 Å². The van der Waals surface area contributed by atoms with Gasteiger partial charge in [-0.1, -0.05) is 0 Å². The largest absolute Gasteiger partial charge is 0.482 e. The summed E-state index contributed by atoms with van der Waals surface area (Å²) < 4.78 is 16.1. The highest BCUT2D eigenvalue weighted by atomic mass is 16.6. The van der Waals surface area contributed by atoms with E-state index in [9.17, 15) is 9.59 Å². The van der Waals surface area contributed by atoms with Crippen molar-refractivity contribution >= 4 is 17.7 Å². The average molecular weight is 407 g/mol. The Morgan fingerprint density at radius 2 is 1.52 bits per heavy atom. The normalized spacial score (nSPS) is 15.6. The summed E-state index contributed by atoms with van der Waals surface area (Å²) in [6, 6.07) is 7.78. The van der Waals surface area contributed by atoms with Crippen LogP contribution in [-0.2, 0) is 14.3 Å². The van der Waals surface area contributed by atoms with Crippen LogP contribution >= 0.6 is 0 Å². The van der Waals surface area contributed by atoms with Crippen LogP contribution in [0.3, 0.4) is 0 Å². The number of piperidine rings is 1. The van der Waals surface area contributed by atoms with Crippen molar-refractivity contribution in [3.63, 3.8) is 0 Å². The molecule has 0 radical (unpaired) electrons. The molecule has 0 atom stereocenters. The van der Waals surface area contributed by atoms with Gasteiger partial charge in [0.15, 0.2) is 6.61 Å². The van der Waals surface area contributed by atoms with Crippen LogP contribution in [0.25, 0.3) is 0 Å². The highest BCUT2D eigenvalue weighted by Gasteiger charge is 2.26. The number of carbonyl (C=O) groups excluding carboxylic acids is 2. The molecule has 1 saturated heterocycles. The van der Waals surface area contributed by atoms with E-state index in [1.807, 2.05) is 65.8 Å². The molecule has 1 aromatic carbocycles. The second kappa shape index (κ2) is 9.37. The Morgan fingerprint density at radius 1 is 0.966 bits per heavy atom. The van der Waals surface area contributed by atoms with Gasteiger partial charge in [-0.3, -0.25) is 0 Å². The van der Waals surface area contributed by atoms with Gasteiger partial charge in [0.2, 0.25) is 0 Å². The summed E-state index contributed by atoms with van der Waals surface area (Å²) in [5.74, 6) is 0.220. The number of hydrogen-bond acceptors (Lipinski definition) is 6. The monoisotopic (exact) mass is 406 g/mol. The van der Waals surface area contributed by atoms with Gasteiger partial charge in [-0.25, -0.2) is 9.59 Å². The topological polar surface area (TPSA) is 77.1 Å². The fraction of sp³-hybridized carbons (Fsp3) is 0.636. The second-order valence-electron chi connectivity index (χ2n) is 9.29. The van der Waals surface area contributed by atoms with Gasteiger partial charge in [0, 0.05) is 24.8 Å². The van der Waals surface area contributed by atoms with Gasteiger partial charge in [-0.15, -0.1) is 0 Å². The van der Waals surface area contributed by atoms with Gasteiger partial charge >= 0.3 is 12.1 Å². The molecule has 2 rings (SSSR count). The first-order valence-electron chi connectivity index (χ1n) is 10.1. The van der Waals surface area contributed by atoms with Crippen LogP contribution in [-0.4, -0.2) is 53.9 Å². The Labute approximate surface area is 173 Å². The summed E-state index contributed by atoms with van der Waals surface area (Å²) in [4.78, 5) is 25.6. The number of rotatable bonds is 5. The molecule has 1 aliphatic rings. The lowest BCUT2D eigenvalue weighted by molar-refractivity contribution is -0.157. The summed E-state index contributed by atoms with van der Waals surface area (Å²) in [5, 5.41) is 3.49. The van der Waals surface area contributed by atoms with Crippen molar-refractivity contribution in [3.8, 4) is 5.75 Å². The number of esters is 1. The highest BCUT2D eigenvalue weighted by molar-refractivity contribution is 5.71. The molecule has 162 valence electrons. The zero-order valence-corrected chi connectivity index (χ0v) is 18.4. The van der Waals surface area contributed by atoms with Crippen molar-refractivity contribution in [1.82, 2.24) is 4.90 Å². The van der Waals surface area contributed by atoms with Crippen molar-refractivity contribution in [2.75, 3.05) is 25.0 Å². The number of nitrogens with one attached hydrogen (secondary N) is 1. The molecule has 1 heterocycles. The Hall–Kier alpha value is -2.44. The number of amides is 1. The summed E-state index contributed by atoms with van der Waals surface area (Å²) in [7, 11) is 0. The maximum atomic E-state index is 12.1. The minimum Gasteiger partial charge on any atom is -0.482 e. The third-order valence-electron chi connectivity index (χ3n) is 4.15. The van der Waals surface area contributed by atoms with Crippen LogP contribution in [0.2, 0.25) is 0 Å². The quantitative estimate of drug-likeness (QED) is 0.738. The molecule has 1 aromatic rings. The van der Waals surface area contributed by atoms with E-state index in [0.717, 1.165) is 18.5 Å². The van der Waals surface area contributed by atoms with Crippen molar-refractivity contribution in [2.24, 2.45) is 0 Å². The number of ether oxygens (including phenoxy) is 3. The van der Waals surface area contributed by atoms with Gasteiger partial charge < -0.3 is 24.4 Å². The number of nitrogens with zero attached hydrogens (tertiary/aromatic N) is 1. The predicted octanol–water partition coefficient (Wildman–Crippen LogP) is 4.22. The lowest BCUT2D eigenvalue weighted by Gasteiger charge is -2.34. The zero-order valence-electron chi connectivity index (χ0n) is 18.4. The molecule has 0 aromatic heterocycles. The van der Waals surface area contributed by atoms with Crippen LogP contribution in [0.5, 0.6) is 5.75 Å². The average Bonchev–Trinajstić information content (AvgIpc) is 2.59. The van der Waals surface area contributed by atoms with E-state index >= 15 is 0 Å². The fourth-order valence-corrected chi connectivity index (χ4v) is 2.93. The molecule has 29 heavy (non-hydrogen) atoms. The summed E-state index contributed by atoms with van der Waals surface area (Å²) in [6.07, 6.45) is 1.47. The smallest absolute Gasteiger partial charge is 0.410 e. The van der Waals surface area contributed by atoms with E-state index in [-0.39, 0.29) is 12.7 Å². The van der Waals surface area contributed by atoms with E-state index in [0.29, 0.717) is 24.9 Å². The second-order valence-corrected chi connectivity index (χ2v) is 9.29. The van der Waals surface area contributed by atoms with E-state index in [1.165, 1.54) is 0 Å². The molecule has 0 aliphatic carbocycles. The standard InChI is InChI=1S/C22H34N2O5/c1-21(2,3)28-19(25)15-27-18-9-7-16(8-10-18)23-17-11-13-24(14-12-17)20(26)29-22(4,5)6/h7-10,17,23H,11-15H2,1-6H3. The molecule has 1 amide bonds. The minimum absolute atomic E-state index is 0.118. The van der Waals surface area contributed by atoms with Gasteiger partial charge in [-0.05, 0) is 78.6 Å². The van der Waals surface area contributed by atoms with Crippen molar-refractivity contribution < 1.29 is 23.8 Å². The van der Waals surface area contributed by atoms with Crippen LogP contribution in [0.4, 0.5) is 10.5 Å². The predicted molar refractivity (Wildman–Crippen MR) is 112 cm³/mol. The minimum atomic E-state index is -0.521. The first kappa shape index (κ1) is 22.8. The molecule has 0 spiro atoms. The van der Waals surface area contributed by atoms with Crippen LogP contribution in [0.1, 0.15) is 54.4 Å². The van der Waals surface area contributed by atoms with E-state index < -0.39 is 17.2 Å². The maximum absolute atomic E-state index is 12.1. The molecule has 1 N–H and O–H groups in total. The number of hydrogen-bond donors (Lipinski definition) is 1. The Kier molecular flexibility index (Phi) is 7.38. The van der Waals surface area contributed by atoms with Crippen molar-refractivity contribution in [1.29, 1.82) is 0 Å².